The smallest absolute Gasteiger partial charge is 0.300 e. The van der Waals surface area contributed by atoms with Crippen molar-refractivity contribution in [2.45, 2.75) is 13.1 Å². The van der Waals surface area contributed by atoms with Gasteiger partial charge in [-0.1, -0.05) is 24.3 Å². The topological polar surface area (TPSA) is 57.9 Å². The monoisotopic (exact) mass is 358 g/mol. The van der Waals surface area contributed by atoms with Gasteiger partial charge in [-0.3, -0.25) is 9.78 Å². The number of aryl methyl sites for hydroxylation is 1. The number of anilines is 1. The summed E-state index contributed by atoms with van der Waals surface area (Å²) in [7, 11) is 0. The van der Waals surface area contributed by atoms with Crippen LogP contribution in [0.5, 0.6) is 0 Å². The molecule has 26 heavy (non-hydrogen) atoms. The van der Waals surface area contributed by atoms with Crippen molar-refractivity contribution in [3.05, 3.63) is 47.8 Å². The maximum Gasteiger partial charge on any atom is 0.406 e. The summed E-state index contributed by atoms with van der Waals surface area (Å²) in [6, 6.07) is 9.03. The molecule has 1 aromatic heterocycles. The van der Waals surface area contributed by atoms with Gasteiger partial charge in [-0.15, -0.1) is 0 Å². The van der Waals surface area contributed by atoms with E-state index in [-0.39, 0.29) is 11.4 Å². The van der Waals surface area contributed by atoms with E-state index in [1.807, 2.05) is 31.2 Å². The Balaban J connectivity index is 1.88. The molecule has 0 bridgehead atoms. The number of rotatable bonds is 2. The molecule has 2 aliphatic heterocycles. The fraction of sp³-hybridized carbons (Fsp3) is 0.222. The van der Waals surface area contributed by atoms with Crippen LogP contribution in [0.2, 0.25) is 0 Å². The molecule has 0 N–H and O–H groups in total. The first kappa shape index (κ1) is 16.4. The summed E-state index contributed by atoms with van der Waals surface area (Å²) in [5, 5.41) is 7.59. The average molecular weight is 358 g/mol. The Morgan fingerprint density at radius 2 is 2.00 bits per heavy atom. The van der Waals surface area contributed by atoms with Gasteiger partial charge in [0.2, 0.25) is 5.91 Å². The van der Waals surface area contributed by atoms with Crippen LogP contribution < -0.4 is 4.90 Å². The number of halogens is 3. The van der Waals surface area contributed by atoms with Gasteiger partial charge < -0.3 is 4.90 Å². The fourth-order valence-electron chi connectivity index (χ4n) is 3.20. The molecule has 3 heterocycles. The Morgan fingerprint density at radius 1 is 1.23 bits per heavy atom. The zero-order valence-electron chi connectivity index (χ0n) is 13.7. The summed E-state index contributed by atoms with van der Waals surface area (Å²) < 4.78 is 39.2. The molecule has 2 aromatic rings. The van der Waals surface area contributed by atoms with Crippen molar-refractivity contribution in [2.75, 3.05) is 11.4 Å². The van der Waals surface area contributed by atoms with Crippen LogP contribution in [0.4, 0.5) is 18.9 Å². The van der Waals surface area contributed by atoms with Crippen molar-refractivity contribution in [1.29, 1.82) is 0 Å². The summed E-state index contributed by atoms with van der Waals surface area (Å²) in [5.41, 5.74) is 3.09. The predicted octanol–water partition coefficient (Wildman–Crippen LogP) is 3.37. The first-order valence-electron chi connectivity index (χ1n) is 7.91. The Morgan fingerprint density at radius 3 is 2.73 bits per heavy atom. The van der Waals surface area contributed by atoms with E-state index < -0.39 is 24.5 Å². The minimum absolute atomic E-state index is 0.105. The van der Waals surface area contributed by atoms with Gasteiger partial charge in [-0.2, -0.15) is 23.4 Å². The van der Waals surface area contributed by atoms with E-state index in [4.69, 9.17) is 0 Å². The van der Waals surface area contributed by atoms with Gasteiger partial charge in [0.1, 0.15) is 23.9 Å². The number of aromatic nitrogens is 1. The van der Waals surface area contributed by atoms with E-state index in [2.05, 4.69) is 15.2 Å². The largest absolute Gasteiger partial charge is 0.406 e. The molecule has 4 rings (SSSR count). The van der Waals surface area contributed by atoms with Crippen molar-refractivity contribution in [3.63, 3.8) is 0 Å². The molecule has 1 atom stereocenters. The third kappa shape index (κ3) is 2.67. The molecule has 5 nitrogen and oxygen atoms in total. The molecule has 0 aliphatic carbocycles. The second kappa shape index (κ2) is 5.76. The van der Waals surface area contributed by atoms with E-state index in [1.54, 1.807) is 12.3 Å². The number of carbonyl (C=O) groups is 1. The van der Waals surface area contributed by atoms with Gasteiger partial charge in [-0.05, 0) is 24.1 Å². The Kier molecular flexibility index (Phi) is 3.64. The van der Waals surface area contributed by atoms with Gasteiger partial charge in [0.15, 0.2) is 0 Å². The minimum atomic E-state index is -4.53. The van der Waals surface area contributed by atoms with Crippen LogP contribution in [-0.4, -0.2) is 35.5 Å². The SMILES string of the molecule is Cc1ccccc1-c1cnc2c(c1)N(CC(F)(F)F)C(=O)C1C=NN=C21. The number of alkyl halides is 3. The molecule has 0 saturated heterocycles. The van der Waals surface area contributed by atoms with Crippen molar-refractivity contribution in [2.24, 2.45) is 16.1 Å². The van der Waals surface area contributed by atoms with Crippen molar-refractivity contribution in [3.8, 4) is 11.1 Å². The number of amides is 1. The zero-order chi connectivity index (χ0) is 18.5. The highest BCUT2D eigenvalue weighted by Gasteiger charge is 2.44. The van der Waals surface area contributed by atoms with E-state index in [0.717, 1.165) is 16.0 Å². The van der Waals surface area contributed by atoms with Gasteiger partial charge >= 0.3 is 6.18 Å². The highest BCUT2D eigenvalue weighted by molar-refractivity contribution is 6.31. The lowest BCUT2D eigenvalue weighted by molar-refractivity contribution is -0.132. The van der Waals surface area contributed by atoms with Crippen LogP contribution in [-0.2, 0) is 4.79 Å². The molecule has 0 fully saturated rings. The number of fused-ring (bicyclic) bond motifs is 3. The summed E-state index contributed by atoms with van der Waals surface area (Å²) in [4.78, 5) is 17.6. The van der Waals surface area contributed by atoms with E-state index in [1.165, 1.54) is 6.21 Å². The van der Waals surface area contributed by atoms with Crippen LogP contribution in [0.1, 0.15) is 11.3 Å². The fourth-order valence-corrected chi connectivity index (χ4v) is 3.20. The highest BCUT2D eigenvalue weighted by atomic mass is 19.4. The highest BCUT2D eigenvalue weighted by Crippen LogP contribution is 2.36. The number of nitrogens with zero attached hydrogens (tertiary/aromatic N) is 4. The third-order valence-electron chi connectivity index (χ3n) is 4.40. The number of carbonyl (C=O) groups excluding carboxylic acids is 1. The lowest BCUT2D eigenvalue weighted by Gasteiger charge is -2.32. The summed E-state index contributed by atoms with van der Waals surface area (Å²) >= 11 is 0. The lowest BCUT2D eigenvalue weighted by atomic mass is 9.92. The van der Waals surface area contributed by atoms with Crippen LogP contribution in [0.15, 0.2) is 46.7 Å². The molecule has 1 amide bonds. The zero-order valence-corrected chi connectivity index (χ0v) is 13.7. The summed E-state index contributed by atoms with van der Waals surface area (Å²) in [6.07, 6.45) is -1.70. The van der Waals surface area contributed by atoms with E-state index >= 15 is 0 Å². The average Bonchev–Trinajstić information content (AvgIpc) is 3.08. The molecule has 1 unspecified atom stereocenters. The maximum atomic E-state index is 13.1. The number of pyridine rings is 1. The molecular formula is C18H13F3N4O. The number of hydrogen-bond acceptors (Lipinski definition) is 4. The summed E-state index contributed by atoms with van der Waals surface area (Å²) in [6.45, 7) is 0.522. The second-order valence-corrected chi connectivity index (χ2v) is 6.17. The van der Waals surface area contributed by atoms with Crippen molar-refractivity contribution >= 4 is 23.5 Å². The standard InChI is InChI=1S/C18H13F3N4O/c1-10-4-2-3-5-12(10)11-6-14-16(22-7-11)15-13(8-23-24-15)17(26)25(14)9-18(19,20)21/h2-8,13H,9H2,1H3. The second-order valence-electron chi connectivity index (χ2n) is 6.17. The van der Waals surface area contributed by atoms with Crippen LogP contribution in [0.3, 0.4) is 0 Å². The molecule has 8 heteroatoms. The lowest BCUT2D eigenvalue weighted by Crippen LogP contribution is -2.48. The number of benzene rings is 1. The normalized spacial score (nSPS) is 18.6. The number of hydrogen-bond donors (Lipinski definition) is 0. The van der Waals surface area contributed by atoms with E-state index in [9.17, 15) is 18.0 Å². The van der Waals surface area contributed by atoms with Crippen LogP contribution in [0, 0.1) is 12.8 Å². The molecule has 132 valence electrons. The predicted molar refractivity (Wildman–Crippen MR) is 91.3 cm³/mol. The molecule has 0 spiro atoms. The third-order valence-corrected chi connectivity index (χ3v) is 4.40. The molecule has 2 aliphatic rings. The first-order valence-corrected chi connectivity index (χ1v) is 7.91. The van der Waals surface area contributed by atoms with Gasteiger partial charge in [0.25, 0.3) is 0 Å². The molecular weight excluding hydrogens is 345 g/mol. The quantitative estimate of drug-likeness (QED) is 0.826. The Bertz CT molecular complexity index is 965. The Hall–Kier alpha value is -3.03. The van der Waals surface area contributed by atoms with Gasteiger partial charge in [-0.25, -0.2) is 0 Å². The summed E-state index contributed by atoms with van der Waals surface area (Å²) in [5.74, 6) is -1.61. The van der Waals surface area contributed by atoms with Gasteiger partial charge in [0.05, 0.1) is 5.69 Å². The maximum absolute atomic E-state index is 13.1. The first-order chi connectivity index (χ1) is 12.3. The Labute approximate surface area is 146 Å². The van der Waals surface area contributed by atoms with Crippen LogP contribution >= 0.6 is 0 Å². The molecule has 1 aromatic carbocycles. The van der Waals surface area contributed by atoms with Crippen molar-refractivity contribution in [1.82, 2.24) is 4.98 Å². The van der Waals surface area contributed by atoms with Gasteiger partial charge in [0, 0.05) is 18.0 Å². The van der Waals surface area contributed by atoms with E-state index in [0.29, 0.717) is 11.3 Å². The molecule has 0 saturated carbocycles. The van der Waals surface area contributed by atoms with Crippen LogP contribution in [0.25, 0.3) is 11.1 Å². The van der Waals surface area contributed by atoms with Crippen molar-refractivity contribution < 1.29 is 18.0 Å². The molecule has 0 radical (unpaired) electrons. The minimum Gasteiger partial charge on any atom is -0.300 e.